The number of aliphatic carboxylic acids is 1. The highest BCUT2D eigenvalue weighted by Crippen LogP contribution is 2.20. The van der Waals surface area contributed by atoms with Crippen molar-refractivity contribution < 1.29 is 9.90 Å². The van der Waals surface area contributed by atoms with Gasteiger partial charge in [-0.2, -0.15) is 0 Å². The van der Waals surface area contributed by atoms with Gasteiger partial charge in [-0.15, -0.1) is 0 Å². The number of carbonyl (C=O) groups is 1. The van der Waals surface area contributed by atoms with Crippen molar-refractivity contribution in [1.29, 1.82) is 0 Å². The van der Waals surface area contributed by atoms with Crippen molar-refractivity contribution in [1.82, 2.24) is 0 Å². The Morgan fingerprint density at radius 1 is 1.64 bits per heavy atom. The Hall–Kier alpha value is -1.22. The van der Waals surface area contributed by atoms with E-state index >= 15 is 0 Å². The van der Waals surface area contributed by atoms with Gasteiger partial charge in [-0.25, -0.2) is 0 Å². The predicted octanol–water partition coefficient (Wildman–Crippen LogP) is 2.19. The Morgan fingerprint density at radius 3 is 2.86 bits per heavy atom. The quantitative estimate of drug-likeness (QED) is 0.757. The lowest BCUT2D eigenvalue weighted by Gasteiger charge is -2.09. The lowest BCUT2D eigenvalue weighted by atomic mass is 10.00. The van der Waals surface area contributed by atoms with E-state index in [9.17, 15) is 4.79 Å². The van der Waals surface area contributed by atoms with Crippen LogP contribution in [0.5, 0.6) is 0 Å². The zero-order chi connectivity index (χ0) is 10.7. The van der Waals surface area contributed by atoms with Gasteiger partial charge < -0.3 is 10.8 Å². The molecule has 1 unspecified atom stereocenters. The SMILES string of the molecule is CC(Cc1cc(Cl)ccc1N)C(=O)O. The topological polar surface area (TPSA) is 63.3 Å². The standard InChI is InChI=1S/C10H12ClNO2/c1-6(10(13)14)4-7-5-8(11)2-3-9(7)12/h2-3,5-6H,4,12H2,1H3,(H,13,14). The minimum Gasteiger partial charge on any atom is -0.481 e. The summed E-state index contributed by atoms with van der Waals surface area (Å²) < 4.78 is 0. The molecule has 1 atom stereocenters. The molecule has 1 aromatic carbocycles. The van der Waals surface area contributed by atoms with Crippen molar-refractivity contribution in [2.75, 3.05) is 5.73 Å². The second-order valence-electron chi connectivity index (χ2n) is 3.29. The molecule has 0 radical (unpaired) electrons. The average molecular weight is 214 g/mol. The fourth-order valence-corrected chi connectivity index (χ4v) is 1.36. The monoisotopic (exact) mass is 213 g/mol. The normalized spacial score (nSPS) is 12.4. The number of halogens is 1. The number of carboxylic acids is 1. The maximum Gasteiger partial charge on any atom is 0.306 e. The largest absolute Gasteiger partial charge is 0.481 e. The Balaban J connectivity index is 2.85. The number of rotatable bonds is 3. The fourth-order valence-electron chi connectivity index (χ4n) is 1.17. The Bertz CT molecular complexity index is 352. The van der Waals surface area contributed by atoms with E-state index < -0.39 is 11.9 Å². The summed E-state index contributed by atoms with van der Waals surface area (Å²) in [5, 5.41) is 9.31. The van der Waals surface area contributed by atoms with Crippen LogP contribution in [0.25, 0.3) is 0 Å². The van der Waals surface area contributed by atoms with Crippen LogP contribution in [0.1, 0.15) is 12.5 Å². The lowest BCUT2D eigenvalue weighted by molar-refractivity contribution is -0.141. The molecule has 1 rings (SSSR count). The molecule has 0 fully saturated rings. The summed E-state index contributed by atoms with van der Waals surface area (Å²) in [5.74, 6) is -1.28. The molecule has 0 aromatic heterocycles. The second kappa shape index (κ2) is 4.33. The van der Waals surface area contributed by atoms with Crippen LogP contribution in [-0.2, 0) is 11.2 Å². The Kier molecular flexibility index (Phi) is 3.36. The summed E-state index contributed by atoms with van der Waals surface area (Å²) in [5.41, 5.74) is 7.06. The van der Waals surface area contributed by atoms with E-state index in [0.717, 1.165) is 5.56 Å². The first-order valence-corrected chi connectivity index (χ1v) is 4.65. The molecule has 0 saturated heterocycles. The summed E-state index contributed by atoms with van der Waals surface area (Å²) in [4.78, 5) is 10.6. The van der Waals surface area contributed by atoms with Gasteiger partial charge in [0.05, 0.1) is 5.92 Å². The van der Waals surface area contributed by atoms with Gasteiger partial charge in [-0.3, -0.25) is 4.79 Å². The highest BCUT2D eigenvalue weighted by molar-refractivity contribution is 6.30. The zero-order valence-electron chi connectivity index (χ0n) is 7.83. The Morgan fingerprint density at radius 2 is 2.29 bits per heavy atom. The zero-order valence-corrected chi connectivity index (χ0v) is 8.58. The number of nitrogens with two attached hydrogens (primary N) is 1. The minimum absolute atomic E-state index is 0.404. The van der Waals surface area contributed by atoms with Gasteiger partial charge >= 0.3 is 5.97 Å². The van der Waals surface area contributed by atoms with Crippen LogP contribution in [-0.4, -0.2) is 11.1 Å². The highest BCUT2D eigenvalue weighted by Gasteiger charge is 2.13. The molecule has 0 saturated carbocycles. The van der Waals surface area contributed by atoms with Crippen molar-refractivity contribution in [2.45, 2.75) is 13.3 Å². The predicted molar refractivity (Wildman–Crippen MR) is 56.4 cm³/mol. The van der Waals surface area contributed by atoms with Crippen molar-refractivity contribution in [3.63, 3.8) is 0 Å². The third-order valence-corrected chi connectivity index (χ3v) is 2.29. The fraction of sp³-hybridized carbons (Fsp3) is 0.300. The van der Waals surface area contributed by atoms with Crippen LogP contribution in [0.4, 0.5) is 5.69 Å². The summed E-state index contributed by atoms with van der Waals surface area (Å²) in [6.07, 6.45) is 0.404. The number of hydrogen-bond acceptors (Lipinski definition) is 2. The Labute approximate surface area is 87.5 Å². The highest BCUT2D eigenvalue weighted by atomic mass is 35.5. The smallest absolute Gasteiger partial charge is 0.306 e. The number of nitrogen functional groups attached to an aromatic ring is 1. The summed E-state index contributed by atoms with van der Waals surface area (Å²) in [6.45, 7) is 1.64. The maximum absolute atomic E-state index is 10.6. The van der Waals surface area contributed by atoms with Gasteiger partial charge in [-0.1, -0.05) is 18.5 Å². The summed E-state index contributed by atoms with van der Waals surface area (Å²) >= 11 is 5.78. The van der Waals surface area contributed by atoms with Crippen molar-refractivity contribution in [3.8, 4) is 0 Å². The van der Waals surface area contributed by atoms with E-state index in [0.29, 0.717) is 17.1 Å². The summed E-state index contributed by atoms with van der Waals surface area (Å²) in [7, 11) is 0. The van der Waals surface area contributed by atoms with E-state index in [2.05, 4.69) is 0 Å². The number of carboxylic acid groups (broad SMARTS) is 1. The lowest BCUT2D eigenvalue weighted by Crippen LogP contribution is -2.13. The van der Waals surface area contributed by atoms with Crippen LogP contribution >= 0.6 is 11.6 Å². The van der Waals surface area contributed by atoms with Gasteiger partial charge in [0.25, 0.3) is 0 Å². The third-order valence-electron chi connectivity index (χ3n) is 2.05. The molecule has 1 aromatic rings. The number of anilines is 1. The third kappa shape index (κ3) is 2.64. The van der Waals surface area contributed by atoms with Crippen LogP contribution in [0.2, 0.25) is 5.02 Å². The molecular weight excluding hydrogens is 202 g/mol. The molecule has 4 heteroatoms. The number of hydrogen-bond donors (Lipinski definition) is 2. The molecule has 0 spiro atoms. The second-order valence-corrected chi connectivity index (χ2v) is 3.72. The summed E-state index contributed by atoms with van der Waals surface area (Å²) in [6, 6.07) is 5.08. The first-order valence-electron chi connectivity index (χ1n) is 4.27. The molecule has 3 N–H and O–H groups in total. The molecule has 0 heterocycles. The van der Waals surface area contributed by atoms with Gasteiger partial charge in [0, 0.05) is 10.7 Å². The molecule has 0 bridgehead atoms. The molecule has 76 valence electrons. The van der Waals surface area contributed by atoms with E-state index in [1.165, 1.54) is 0 Å². The van der Waals surface area contributed by atoms with Crippen molar-refractivity contribution in [3.05, 3.63) is 28.8 Å². The van der Waals surface area contributed by atoms with Crippen LogP contribution in [0.15, 0.2) is 18.2 Å². The van der Waals surface area contributed by atoms with E-state index in [1.807, 2.05) is 0 Å². The molecule has 0 aliphatic carbocycles. The first kappa shape index (κ1) is 10.9. The van der Waals surface area contributed by atoms with E-state index in [4.69, 9.17) is 22.4 Å². The van der Waals surface area contributed by atoms with Crippen LogP contribution < -0.4 is 5.73 Å². The molecule has 0 amide bonds. The van der Waals surface area contributed by atoms with Crippen LogP contribution in [0.3, 0.4) is 0 Å². The van der Waals surface area contributed by atoms with Crippen molar-refractivity contribution in [2.24, 2.45) is 5.92 Å². The maximum atomic E-state index is 10.6. The molecule has 0 aliphatic rings. The minimum atomic E-state index is -0.829. The van der Waals surface area contributed by atoms with Gasteiger partial charge in [-0.05, 0) is 30.2 Å². The van der Waals surface area contributed by atoms with Gasteiger partial charge in [0.1, 0.15) is 0 Å². The number of benzene rings is 1. The van der Waals surface area contributed by atoms with Crippen LogP contribution in [0, 0.1) is 5.92 Å². The molecule has 3 nitrogen and oxygen atoms in total. The molecule has 0 aliphatic heterocycles. The first-order chi connectivity index (χ1) is 6.50. The van der Waals surface area contributed by atoms with Crippen molar-refractivity contribution >= 4 is 23.3 Å². The molecule has 14 heavy (non-hydrogen) atoms. The van der Waals surface area contributed by atoms with Gasteiger partial charge in [0.2, 0.25) is 0 Å². The van der Waals surface area contributed by atoms with Gasteiger partial charge in [0.15, 0.2) is 0 Å². The molecular formula is C10H12ClNO2. The average Bonchev–Trinajstić information content (AvgIpc) is 2.11. The van der Waals surface area contributed by atoms with E-state index in [-0.39, 0.29) is 0 Å². The van der Waals surface area contributed by atoms with E-state index in [1.54, 1.807) is 25.1 Å².